The largest absolute Gasteiger partial charge is 0.497 e. The molecule has 0 aliphatic rings. The van der Waals surface area contributed by atoms with Crippen LogP contribution in [-0.2, 0) is 6.42 Å². The van der Waals surface area contributed by atoms with Crippen molar-refractivity contribution in [2.75, 3.05) is 20.8 Å². The SMILES string of the molecule is COc1cc(OC)cc(C(=O)NCCc2c(C)[nH]c3ccc(F)cc23)c1. The van der Waals surface area contributed by atoms with E-state index in [4.69, 9.17) is 9.47 Å². The van der Waals surface area contributed by atoms with Crippen LogP contribution in [0.15, 0.2) is 36.4 Å². The number of halogens is 1. The molecule has 0 aliphatic heterocycles. The lowest BCUT2D eigenvalue weighted by Crippen LogP contribution is -2.25. The van der Waals surface area contributed by atoms with Crippen LogP contribution in [0.4, 0.5) is 4.39 Å². The standard InChI is InChI=1S/C20H21FN2O3/c1-12-17(18-10-14(21)4-5-19(18)23-12)6-7-22-20(24)13-8-15(25-2)11-16(9-13)26-3/h4-5,8-11,23H,6-7H2,1-3H3,(H,22,24). The van der Waals surface area contributed by atoms with Gasteiger partial charge >= 0.3 is 0 Å². The first kappa shape index (κ1) is 17.8. The minimum absolute atomic E-state index is 0.217. The lowest BCUT2D eigenvalue weighted by atomic mass is 10.1. The van der Waals surface area contributed by atoms with E-state index < -0.39 is 0 Å². The number of carbonyl (C=O) groups excluding carboxylic acids is 1. The Morgan fingerprint density at radius 2 is 1.81 bits per heavy atom. The summed E-state index contributed by atoms with van der Waals surface area (Å²) in [6, 6.07) is 9.69. The van der Waals surface area contributed by atoms with Gasteiger partial charge in [0.2, 0.25) is 0 Å². The number of methoxy groups -OCH3 is 2. The van der Waals surface area contributed by atoms with Crippen LogP contribution in [0.25, 0.3) is 10.9 Å². The Balaban J connectivity index is 1.71. The summed E-state index contributed by atoms with van der Waals surface area (Å²) >= 11 is 0. The van der Waals surface area contributed by atoms with Crippen LogP contribution in [0.2, 0.25) is 0 Å². The molecular weight excluding hydrogens is 335 g/mol. The fraction of sp³-hybridized carbons (Fsp3) is 0.250. The number of nitrogens with one attached hydrogen (secondary N) is 2. The average Bonchev–Trinajstić information content (AvgIpc) is 2.96. The molecule has 3 rings (SSSR count). The highest BCUT2D eigenvalue weighted by molar-refractivity contribution is 5.95. The number of amides is 1. The number of aromatic nitrogens is 1. The summed E-state index contributed by atoms with van der Waals surface area (Å²) < 4.78 is 23.9. The topological polar surface area (TPSA) is 63.4 Å². The van der Waals surface area contributed by atoms with Gasteiger partial charge in [-0.1, -0.05) is 0 Å². The first-order valence-electron chi connectivity index (χ1n) is 8.30. The molecule has 0 unspecified atom stereocenters. The van der Waals surface area contributed by atoms with E-state index in [1.165, 1.54) is 26.4 Å². The second-order valence-electron chi connectivity index (χ2n) is 6.03. The zero-order chi connectivity index (χ0) is 18.7. The highest BCUT2D eigenvalue weighted by atomic mass is 19.1. The highest BCUT2D eigenvalue weighted by Crippen LogP contribution is 2.24. The lowest BCUT2D eigenvalue weighted by Gasteiger charge is -2.09. The van der Waals surface area contributed by atoms with E-state index in [1.54, 1.807) is 24.3 Å². The van der Waals surface area contributed by atoms with Gasteiger partial charge in [-0.2, -0.15) is 0 Å². The second-order valence-corrected chi connectivity index (χ2v) is 6.03. The van der Waals surface area contributed by atoms with Gasteiger partial charge in [0.1, 0.15) is 17.3 Å². The Morgan fingerprint density at radius 3 is 2.46 bits per heavy atom. The number of aromatic amines is 1. The molecule has 2 aromatic carbocycles. The first-order chi connectivity index (χ1) is 12.5. The third-order valence-electron chi connectivity index (χ3n) is 4.36. The summed E-state index contributed by atoms with van der Waals surface area (Å²) in [6.45, 7) is 2.38. The number of fused-ring (bicyclic) bond motifs is 1. The van der Waals surface area contributed by atoms with Crippen molar-refractivity contribution in [3.05, 3.63) is 59.0 Å². The molecule has 26 heavy (non-hydrogen) atoms. The molecule has 0 fully saturated rings. The van der Waals surface area contributed by atoms with Crippen molar-refractivity contribution in [3.8, 4) is 11.5 Å². The van der Waals surface area contributed by atoms with E-state index in [0.29, 0.717) is 30.0 Å². The molecule has 0 spiro atoms. The molecule has 136 valence electrons. The summed E-state index contributed by atoms with van der Waals surface area (Å²) in [4.78, 5) is 15.7. The van der Waals surface area contributed by atoms with Crippen molar-refractivity contribution in [2.45, 2.75) is 13.3 Å². The van der Waals surface area contributed by atoms with Crippen LogP contribution in [0.5, 0.6) is 11.5 Å². The van der Waals surface area contributed by atoms with Crippen molar-refractivity contribution in [1.29, 1.82) is 0 Å². The summed E-state index contributed by atoms with van der Waals surface area (Å²) in [5.41, 5.74) is 3.33. The Morgan fingerprint density at radius 1 is 1.12 bits per heavy atom. The maximum atomic E-state index is 13.5. The Bertz CT molecular complexity index is 927. The van der Waals surface area contributed by atoms with E-state index in [2.05, 4.69) is 10.3 Å². The van der Waals surface area contributed by atoms with E-state index in [0.717, 1.165) is 22.2 Å². The van der Waals surface area contributed by atoms with Gasteiger partial charge in [0.25, 0.3) is 5.91 Å². The van der Waals surface area contributed by atoms with Crippen molar-refractivity contribution in [1.82, 2.24) is 10.3 Å². The van der Waals surface area contributed by atoms with Crippen molar-refractivity contribution in [2.24, 2.45) is 0 Å². The molecule has 3 aromatic rings. The molecule has 6 heteroatoms. The number of hydrogen-bond donors (Lipinski definition) is 2. The minimum Gasteiger partial charge on any atom is -0.497 e. The molecule has 1 heterocycles. The van der Waals surface area contributed by atoms with Crippen LogP contribution in [0.3, 0.4) is 0 Å². The van der Waals surface area contributed by atoms with Crippen molar-refractivity contribution < 1.29 is 18.7 Å². The smallest absolute Gasteiger partial charge is 0.251 e. The van der Waals surface area contributed by atoms with E-state index in [-0.39, 0.29) is 11.7 Å². The van der Waals surface area contributed by atoms with Gasteiger partial charge < -0.3 is 19.8 Å². The fourth-order valence-electron chi connectivity index (χ4n) is 3.02. The summed E-state index contributed by atoms with van der Waals surface area (Å²) in [5.74, 6) is 0.617. The van der Waals surface area contributed by atoms with Crippen LogP contribution >= 0.6 is 0 Å². The Kier molecular flexibility index (Phi) is 5.11. The predicted molar refractivity (Wildman–Crippen MR) is 98.6 cm³/mol. The average molecular weight is 356 g/mol. The second kappa shape index (κ2) is 7.47. The number of H-pyrrole nitrogens is 1. The minimum atomic E-state index is -0.273. The molecule has 0 saturated carbocycles. The zero-order valence-corrected chi connectivity index (χ0v) is 15.0. The van der Waals surface area contributed by atoms with Crippen LogP contribution < -0.4 is 14.8 Å². The number of rotatable bonds is 6. The van der Waals surface area contributed by atoms with E-state index >= 15 is 0 Å². The molecular formula is C20H21FN2O3. The van der Waals surface area contributed by atoms with E-state index in [9.17, 15) is 9.18 Å². The molecule has 5 nitrogen and oxygen atoms in total. The summed E-state index contributed by atoms with van der Waals surface area (Å²) in [7, 11) is 3.07. The zero-order valence-electron chi connectivity index (χ0n) is 15.0. The quantitative estimate of drug-likeness (QED) is 0.709. The third-order valence-corrected chi connectivity index (χ3v) is 4.36. The number of hydrogen-bond acceptors (Lipinski definition) is 3. The fourth-order valence-corrected chi connectivity index (χ4v) is 3.02. The van der Waals surface area contributed by atoms with Crippen LogP contribution in [-0.4, -0.2) is 31.7 Å². The van der Waals surface area contributed by atoms with Crippen molar-refractivity contribution >= 4 is 16.8 Å². The van der Waals surface area contributed by atoms with Gasteiger partial charge in [0.05, 0.1) is 14.2 Å². The number of ether oxygens (including phenoxy) is 2. The number of carbonyl (C=O) groups is 1. The van der Waals surface area contributed by atoms with E-state index in [1.807, 2.05) is 6.92 Å². The molecule has 0 radical (unpaired) electrons. The normalized spacial score (nSPS) is 10.8. The van der Waals surface area contributed by atoms with Gasteiger partial charge in [0, 0.05) is 34.8 Å². The van der Waals surface area contributed by atoms with Crippen molar-refractivity contribution in [3.63, 3.8) is 0 Å². The molecule has 2 N–H and O–H groups in total. The summed E-state index contributed by atoms with van der Waals surface area (Å²) in [6.07, 6.45) is 0.599. The van der Waals surface area contributed by atoms with Gasteiger partial charge in [0.15, 0.2) is 0 Å². The third kappa shape index (κ3) is 3.64. The molecule has 1 aromatic heterocycles. The summed E-state index contributed by atoms with van der Waals surface area (Å²) in [5, 5.41) is 3.74. The van der Waals surface area contributed by atoms with Gasteiger partial charge in [-0.05, 0) is 49.2 Å². The number of benzene rings is 2. The molecule has 0 bridgehead atoms. The molecule has 1 amide bonds. The maximum Gasteiger partial charge on any atom is 0.251 e. The first-order valence-corrected chi connectivity index (χ1v) is 8.30. The van der Waals surface area contributed by atoms with Crippen LogP contribution in [0, 0.1) is 12.7 Å². The number of aryl methyl sites for hydroxylation is 1. The van der Waals surface area contributed by atoms with Gasteiger partial charge in [-0.3, -0.25) is 4.79 Å². The highest BCUT2D eigenvalue weighted by Gasteiger charge is 2.12. The maximum absolute atomic E-state index is 13.5. The van der Waals surface area contributed by atoms with Gasteiger partial charge in [-0.25, -0.2) is 4.39 Å². The Hall–Kier alpha value is -3.02. The monoisotopic (exact) mass is 356 g/mol. The van der Waals surface area contributed by atoms with Crippen LogP contribution in [0.1, 0.15) is 21.6 Å². The predicted octanol–water partition coefficient (Wildman–Crippen LogP) is 3.61. The molecule has 0 aliphatic carbocycles. The Labute approximate surface area is 151 Å². The molecule has 0 atom stereocenters. The lowest BCUT2D eigenvalue weighted by molar-refractivity contribution is 0.0953. The van der Waals surface area contributed by atoms with Gasteiger partial charge in [-0.15, -0.1) is 0 Å². The molecule has 0 saturated heterocycles.